The number of amides is 2. The molecule has 2 amide bonds. The van der Waals surface area contributed by atoms with Crippen molar-refractivity contribution in [3.8, 4) is 0 Å². The maximum atomic E-state index is 11.8. The molecule has 0 spiro atoms. The van der Waals surface area contributed by atoms with Crippen LogP contribution in [0.5, 0.6) is 0 Å². The first-order chi connectivity index (χ1) is 9.58. The van der Waals surface area contributed by atoms with Crippen LogP contribution in [-0.4, -0.2) is 16.8 Å². The van der Waals surface area contributed by atoms with Crippen LogP contribution < -0.4 is 10.6 Å². The second kappa shape index (κ2) is 6.16. The molecular weight excluding hydrogens is 278 g/mol. The molecule has 2 rings (SSSR count). The minimum atomic E-state index is -0.803. The van der Waals surface area contributed by atoms with Gasteiger partial charge in [-0.1, -0.05) is 29.8 Å². The zero-order valence-corrected chi connectivity index (χ0v) is 11.4. The molecule has 2 N–H and O–H groups in total. The van der Waals surface area contributed by atoms with Crippen molar-refractivity contribution in [2.45, 2.75) is 6.92 Å². The highest BCUT2D eigenvalue weighted by molar-refractivity contribution is 6.44. The van der Waals surface area contributed by atoms with Crippen LogP contribution in [0.1, 0.15) is 5.56 Å². The molecule has 0 bridgehead atoms. The maximum Gasteiger partial charge on any atom is 0.315 e. The second-order valence-corrected chi connectivity index (χ2v) is 4.46. The molecule has 0 aliphatic carbocycles. The van der Waals surface area contributed by atoms with E-state index in [4.69, 9.17) is 11.6 Å². The molecule has 0 aliphatic rings. The molecular formula is C14H12ClN3O2. The van der Waals surface area contributed by atoms with Gasteiger partial charge in [-0.15, -0.1) is 0 Å². The topological polar surface area (TPSA) is 71.1 Å². The Morgan fingerprint density at radius 3 is 2.45 bits per heavy atom. The number of aryl methyl sites for hydroxylation is 1. The normalized spacial score (nSPS) is 9.90. The first-order valence-corrected chi connectivity index (χ1v) is 6.24. The Kier molecular flexibility index (Phi) is 4.32. The lowest BCUT2D eigenvalue weighted by Crippen LogP contribution is -2.29. The van der Waals surface area contributed by atoms with Crippen molar-refractivity contribution in [3.63, 3.8) is 0 Å². The Labute approximate surface area is 121 Å². The van der Waals surface area contributed by atoms with Crippen LogP contribution in [0.3, 0.4) is 0 Å². The summed E-state index contributed by atoms with van der Waals surface area (Å²) < 4.78 is 0. The molecule has 2 aromatic rings. The lowest BCUT2D eigenvalue weighted by molar-refractivity contribution is -0.133. The first kappa shape index (κ1) is 14.0. The summed E-state index contributed by atoms with van der Waals surface area (Å²) in [5, 5.41) is 5.25. The van der Waals surface area contributed by atoms with Gasteiger partial charge in [-0.3, -0.25) is 9.59 Å². The summed E-state index contributed by atoms with van der Waals surface area (Å²) in [7, 11) is 0. The average molecular weight is 290 g/mol. The van der Waals surface area contributed by atoms with Gasteiger partial charge >= 0.3 is 11.8 Å². The molecule has 1 heterocycles. The number of hydrogen-bond donors (Lipinski definition) is 2. The Morgan fingerprint density at radius 1 is 1.05 bits per heavy atom. The number of hydrogen-bond acceptors (Lipinski definition) is 3. The zero-order valence-electron chi connectivity index (χ0n) is 10.7. The molecule has 0 radical (unpaired) electrons. The lowest BCUT2D eigenvalue weighted by Gasteiger charge is -2.08. The number of carbonyl (C=O) groups is 2. The number of aromatic nitrogens is 1. The van der Waals surface area contributed by atoms with Crippen LogP contribution in [0.4, 0.5) is 11.5 Å². The zero-order chi connectivity index (χ0) is 14.5. The molecule has 0 aliphatic heterocycles. The molecule has 1 aromatic heterocycles. The molecule has 1 aromatic carbocycles. The number of anilines is 2. The van der Waals surface area contributed by atoms with Gasteiger partial charge in [-0.05, 0) is 30.7 Å². The van der Waals surface area contributed by atoms with Crippen molar-refractivity contribution < 1.29 is 9.59 Å². The van der Waals surface area contributed by atoms with E-state index in [0.717, 1.165) is 5.56 Å². The molecule has 0 saturated heterocycles. The fourth-order valence-corrected chi connectivity index (χ4v) is 1.71. The third kappa shape index (κ3) is 3.33. The maximum absolute atomic E-state index is 11.8. The highest BCUT2D eigenvalue weighted by atomic mass is 35.5. The fraction of sp³-hybridized carbons (Fsp3) is 0.0714. The number of halogens is 1. The van der Waals surface area contributed by atoms with E-state index in [0.29, 0.717) is 16.5 Å². The largest absolute Gasteiger partial charge is 0.316 e. The van der Waals surface area contributed by atoms with E-state index in [-0.39, 0.29) is 0 Å². The smallest absolute Gasteiger partial charge is 0.315 e. The number of rotatable bonds is 2. The van der Waals surface area contributed by atoms with E-state index in [1.165, 1.54) is 6.20 Å². The van der Waals surface area contributed by atoms with Crippen molar-refractivity contribution in [2.24, 2.45) is 0 Å². The number of carbonyl (C=O) groups excluding carboxylic acids is 2. The standard InChI is InChI=1S/C14H12ClN3O2/c1-9-5-4-8-16-12(9)18-14(20)13(19)17-11-7-3-2-6-10(11)15/h2-8H,1H3,(H,17,19)(H,16,18,20). The molecule has 5 nitrogen and oxygen atoms in total. The molecule has 6 heteroatoms. The monoisotopic (exact) mass is 289 g/mol. The van der Waals surface area contributed by atoms with E-state index < -0.39 is 11.8 Å². The number of para-hydroxylation sites is 1. The van der Waals surface area contributed by atoms with Gasteiger partial charge in [0.2, 0.25) is 0 Å². The van der Waals surface area contributed by atoms with E-state index in [1.54, 1.807) is 43.3 Å². The van der Waals surface area contributed by atoms with Gasteiger partial charge in [0.05, 0.1) is 10.7 Å². The predicted octanol–water partition coefficient (Wildman–Crippen LogP) is 2.62. The van der Waals surface area contributed by atoms with E-state index >= 15 is 0 Å². The van der Waals surface area contributed by atoms with Crippen molar-refractivity contribution in [1.29, 1.82) is 0 Å². The van der Waals surface area contributed by atoms with Gasteiger partial charge in [-0.25, -0.2) is 4.98 Å². The summed E-state index contributed by atoms with van der Waals surface area (Å²) in [6, 6.07) is 10.2. The molecule has 0 fully saturated rings. The third-order valence-corrected chi connectivity index (χ3v) is 2.90. The summed E-state index contributed by atoms with van der Waals surface area (Å²) in [5.74, 6) is -1.25. The molecule has 0 unspecified atom stereocenters. The van der Waals surface area contributed by atoms with Crippen LogP contribution in [0, 0.1) is 6.92 Å². The molecule has 0 saturated carbocycles. The molecule has 102 valence electrons. The Balaban J connectivity index is 2.05. The van der Waals surface area contributed by atoms with E-state index in [2.05, 4.69) is 15.6 Å². The summed E-state index contributed by atoms with van der Waals surface area (Å²) in [5.41, 5.74) is 1.15. The predicted molar refractivity (Wildman–Crippen MR) is 77.7 cm³/mol. The van der Waals surface area contributed by atoms with Gasteiger partial charge in [0.1, 0.15) is 5.82 Å². The number of nitrogens with one attached hydrogen (secondary N) is 2. The number of benzene rings is 1. The van der Waals surface area contributed by atoms with E-state index in [9.17, 15) is 9.59 Å². The van der Waals surface area contributed by atoms with Crippen molar-refractivity contribution >= 4 is 34.9 Å². The first-order valence-electron chi connectivity index (χ1n) is 5.86. The summed E-state index contributed by atoms with van der Waals surface area (Å²) in [6.45, 7) is 1.79. The Morgan fingerprint density at radius 2 is 1.75 bits per heavy atom. The minimum absolute atomic E-state index is 0.354. The SMILES string of the molecule is Cc1cccnc1NC(=O)C(=O)Nc1ccccc1Cl. The molecule has 0 atom stereocenters. The van der Waals surface area contributed by atoms with Crippen molar-refractivity contribution in [3.05, 3.63) is 53.2 Å². The number of nitrogens with zero attached hydrogens (tertiary/aromatic N) is 1. The highest BCUT2D eigenvalue weighted by Gasteiger charge is 2.16. The van der Waals surface area contributed by atoms with Crippen LogP contribution in [0.2, 0.25) is 5.02 Å². The summed E-state index contributed by atoms with van der Waals surface area (Å²) in [4.78, 5) is 27.5. The van der Waals surface area contributed by atoms with Gasteiger partial charge in [0.15, 0.2) is 0 Å². The minimum Gasteiger partial charge on any atom is -0.316 e. The van der Waals surface area contributed by atoms with Gasteiger partial charge in [0, 0.05) is 6.20 Å². The van der Waals surface area contributed by atoms with Crippen LogP contribution in [0.25, 0.3) is 0 Å². The fourth-order valence-electron chi connectivity index (χ4n) is 1.52. The average Bonchev–Trinajstić information content (AvgIpc) is 2.43. The van der Waals surface area contributed by atoms with Crippen molar-refractivity contribution in [2.75, 3.05) is 10.6 Å². The van der Waals surface area contributed by atoms with Crippen LogP contribution >= 0.6 is 11.6 Å². The van der Waals surface area contributed by atoms with Crippen LogP contribution in [-0.2, 0) is 9.59 Å². The van der Waals surface area contributed by atoms with Gasteiger partial charge in [0.25, 0.3) is 0 Å². The number of pyridine rings is 1. The summed E-state index contributed by atoms with van der Waals surface area (Å²) >= 11 is 5.90. The Bertz CT molecular complexity index is 601. The third-order valence-electron chi connectivity index (χ3n) is 2.57. The van der Waals surface area contributed by atoms with E-state index in [1.807, 2.05) is 0 Å². The molecule has 20 heavy (non-hydrogen) atoms. The van der Waals surface area contributed by atoms with Gasteiger partial charge in [-0.2, -0.15) is 0 Å². The quantitative estimate of drug-likeness (QED) is 0.835. The summed E-state index contributed by atoms with van der Waals surface area (Å²) in [6.07, 6.45) is 1.54. The van der Waals surface area contributed by atoms with Crippen LogP contribution in [0.15, 0.2) is 42.6 Å². The highest BCUT2D eigenvalue weighted by Crippen LogP contribution is 2.20. The Hall–Kier alpha value is -2.40. The van der Waals surface area contributed by atoms with Gasteiger partial charge < -0.3 is 10.6 Å². The second-order valence-electron chi connectivity index (χ2n) is 4.06. The lowest BCUT2D eigenvalue weighted by atomic mass is 10.3. The van der Waals surface area contributed by atoms with Crippen molar-refractivity contribution in [1.82, 2.24) is 4.98 Å².